The van der Waals surface area contributed by atoms with Crippen LogP contribution in [0.2, 0.25) is 0 Å². The van der Waals surface area contributed by atoms with Crippen molar-refractivity contribution in [2.45, 2.75) is 64.0 Å². The second-order valence-corrected chi connectivity index (χ2v) is 5.62. The van der Waals surface area contributed by atoms with Crippen molar-refractivity contribution in [3.63, 3.8) is 0 Å². The molecule has 0 saturated heterocycles. The van der Waals surface area contributed by atoms with Crippen LogP contribution < -0.4 is 5.73 Å². The average molecular weight is 253 g/mol. The Bertz CT molecular complexity index is 370. The minimum Gasteiger partial charge on any atom is -0.371 e. The van der Waals surface area contributed by atoms with E-state index in [0.29, 0.717) is 24.9 Å². The third kappa shape index (κ3) is 3.53. The van der Waals surface area contributed by atoms with Crippen molar-refractivity contribution in [3.8, 4) is 0 Å². The lowest BCUT2D eigenvalue weighted by molar-refractivity contribution is 0.0531. The molecule has 2 N–H and O–H groups in total. The monoisotopic (exact) mass is 253 g/mol. The molecule has 2 rings (SSSR count). The topological polar surface area (TPSA) is 74.2 Å². The third-order valence-electron chi connectivity index (χ3n) is 3.45. The Kier molecular flexibility index (Phi) is 4.35. The summed E-state index contributed by atoms with van der Waals surface area (Å²) in [6.07, 6.45) is 5.81. The second-order valence-electron chi connectivity index (χ2n) is 5.62. The van der Waals surface area contributed by atoms with Crippen LogP contribution in [-0.4, -0.2) is 22.3 Å². The molecule has 0 bridgehead atoms. The Morgan fingerprint density at radius 3 is 2.67 bits per heavy atom. The molecule has 102 valence electrons. The molecule has 1 saturated carbocycles. The van der Waals surface area contributed by atoms with E-state index in [4.69, 9.17) is 15.0 Å². The molecular formula is C13H23N3O2. The van der Waals surface area contributed by atoms with Gasteiger partial charge in [-0.1, -0.05) is 38.3 Å². The molecule has 1 fully saturated rings. The lowest BCUT2D eigenvalue weighted by Gasteiger charge is -2.32. The van der Waals surface area contributed by atoms with Crippen LogP contribution in [0.1, 0.15) is 63.6 Å². The molecule has 0 spiro atoms. The van der Waals surface area contributed by atoms with E-state index in [1.165, 1.54) is 19.3 Å². The van der Waals surface area contributed by atoms with Crippen LogP contribution in [0.5, 0.6) is 0 Å². The van der Waals surface area contributed by atoms with Gasteiger partial charge in [0.1, 0.15) is 6.61 Å². The van der Waals surface area contributed by atoms with Crippen LogP contribution >= 0.6 is 0 Å². The van der Waals surface area contributed by atoms with E-state index in [1.807, 2.05) is 13.8 Å². The van der Waals surface area contributed by atoms with Crippen molar-refractivity contribution in [1.82, 2.24) is 10.1 Å². The van der Waals surface area contributed by atoms with Crippen LogP contribution in [0.3, 0.4) is 0 Å². The van der Waals surface area contributed by atoms with E-state index < -0.39 is 0 Å². The number of ether oxygens (including phenoxy) is 1. The number of nitrogens with two attached hydrogens (primary N) is 1. The smallest absolute Gasteiger partial charge is 0.229 e. The van der Waals surface area contributed by atoms with Gasteiger partial charge in [-0.2, -0.15) is 4.98 Å². The Labute approximate surface area is 108 Å². The van der Waals surface area contributed by atoms with Gasteiger partial charge in [-0.3, -0.25) is 0 Å². The maximum Gasteiger partial charge on any atom is 0.229 e. The zero-order valence-electron chi connectivity index (χ0n) is 11.3. The normalized spacial score (nSPS) is 19.3. The van der Waals surface area contributed by atoms with E-state index >= 15 is 0 Å². The molecule has 1 heterocycles. The van der Waals surface area contributed by atoms with Gasteiger partial charge in [0.2, 0.25) is 5.89 Å². The van der Waals surface area contributed by atoms with Crippen molar-refractivity contribution in [2.75, 3.05) is 6.61 Å². The largest absolute Gasteiger partial charge is 0.371 e. The minimum absolute atomic E-state index is 0.150. The lowest BCUT2D eigenvalue weighted by atomic mass is 9.83. The van der Waals surface area contributed by atoms with Gasteiger partial charge < -0.3 is 15.0 Å². The number of rotatable bonds is 5. The minimum atomic E-state index is -0.150. The summed E-state index contributed by atoms with van der Waals surface area (Å²) >= 11 is 0. The van der Waals surface area contributed by atoms with Gasteiger partial charge in [0.15, 0.2) is 5.82 Å². The Hall–Kier alpha value is -0.940. The molecule has 5 nitrogen and oxygen atoms in total. The van der Waals surface area contributed by atoms with E-state index in [2.05, 4.69) is 10.1 Å². The maximum atomic E-state index is 6.29. The maximum absolute atomic E-state index is 6.29. The van der Waals surface area contributed by atoms with E-state index in [-0.39, 0.29) is 11.5 Å². The number of aromatic nitrogens is 2. The van der Waals surface area contributed by atoms with Gasteiger partial charge in [0.25, 0.3) is 0 Å². The van der Waals surface area contributed by atoms with Crippen LogP contribution in [0.4, 0.5) is 0 Å². The molecule has 0 atom stereocenters. The molecule has 0 unspecified atom stereocenters. The average Bonchev–Trinajstić information content (AvgIpc) is 2.78. The van der Waals surface area contributed by atoms with Crippen LogP contribution in [0.25, 0.3) is 0 Å². The Morgan fingerprint density at radius 2 is 2.06 bits per heavy atom. The standard InChI is InChI=1S/C13H23N3O2/c1-10(2)12-15-11(16-18-12)8-17-9-13(14)6-4-3-5-7-13/h10H,3-9,14H2,1-2H3. The van der Waals surface area contributed by atoms with Crippen molar-refractivity contribution in [2.24, 2.45) is 5.73 Å². The number of nitrogens with zero attached hydrogens (tertiary/aromatic N) is 2. The number of hydrogen-bond donors (Lipinski definition) is 1. The highest BCUT2D eigenvalue weighted by Gasteiger charge is 2.27. The van der Waals surface area contributed by atoms with Gasteiger partial charge in [0.05, 0.1) is 6.61 Å². The van der Waals surface area contributed by atoms with Gasteiger partial charge >= 0.3 is 0 Å². The first kappa shape index (κ1) is 13.5. The summed E-state index contributed by atoms with van der Waals surface area (Å²) in [5.41, 5.74) is 6.14. The first-order chi connectivity index (χ1) is 8.59. The predicted molar refractivity (Wildman–Crippen MR) is 68.0 cm³/mol. The fourth-order valence-electron chi connectivity index (χ4n) is 2.31. The van der Waals surface area contributed by atoms with E-state index in [0.717, 1.165) is 12.8 Å². The highest BCUT2D eigenvalue weighted by Crippen LogP contribution is 2.26. The van der Waals surface area contributed by atoms with Crippen LogP contribution in [-0.2, 0) is 11.3 Å². The quantitative estimate of drug-likeness (QED) is 0.872. The van der Waals surface area contributed by atoms with Gasteiger partial charge in [0, 0.05) is 11.5 Å². The summed E-state index contributed by atoms with van der Waals surface area (Å²) in [5.74, 6) is 1.53. The van der Waals surface area contributed by atoms with Gasteiger partial charge in [-0.15, -0.1) is 0 Å². The Balaban J connectivity index is 1.77. The molecule has 1 aliphatic rings. The first-order valence-electron chi connectivity index (χ1n) is 6.78. The van der Waals surface area contributed by atoms with Gasteiger partial charge in [-0.05, 0) is 12.8 Å². The number of hydrogen-bond acceptors (Lipinski definition) is 5. The Morgan fingerprint density at radius 1 is 1.33 bits per heavy atom. The summed E-state index contributed by atoms with van der Waals surface area (Å²) in [6.45, 7) is 5.01. The molecule has 0 aliphatic heterocycles. The molecule has 0 amide bonds. The molecule has 0 aromatic carbocycles. The molecule has 0 radical (unpaired) electrons. The van der Waals surface area contributed by atoms with E-state index in [9.17, 15) is 0 Å². The highest BCUT2D eigenvalue weighted by molar-refractivity contribution is 4.90. The molecule has 18 heavy (non-hydrogen) atoms. The molecule has 1 aliphatic carbocycles. The van der Waals surface area contributed by atoms with Gasteiger partial charge in [-0.25, -0.2) is 0 Å². The third-order valence-corrected chi connectivity index (χ3v) is 3.45. The van der Waals surface area contributed by atoms with Crippen LogP contribution in [0.15, 0.2) is 4.52 Å². The fourth-order valence-corrected chi connectivity index (χ4v) is 2.31. The SMILES string of the molecule is CC(C)c1nc(COCC2(N)CCCCC2)no1. The summed E-state index contributed by atoms with van der Waals surface area (Å²) in [5, 5.41) is 3.89. The molecule has 1 aromatic rings. The fraction of sp³-hybridized carbons (Fsp3) is 0.846. The van der Waals surface area contributed by atoms with E-state index in [1.54, 1.807) is 0 Å². The first-order valence-corrected chi connectivity index (χ1v) is 6.78. The van der Waals surface area contributed by atoms with Crippen molar-refractivity contribution < 1.29 is 9.26 Å². The zero-order chi connectivity index (χ0) is 13.0. The molecule has 5 heteroatoms. The molecular weight excluding hydrogens is 230 g/mol. The molecule has 1 aromatic heterocycles. The summed E-state index contributed by atoms with van der Waals surface area (Å²) in [4.78, 5) is 4.27. The predicted octanol–water partition coefficient (Wildman–Crippen LogP) is 2.37. The van der Waals surface area contributed by atoms with Crippen molar-refractivity contribution >= 4 is 0 Å². The summed E-state index contributed by atoms with van der Waals surface area (Å²) in [6, 6.07) is 0. The highest BCUT2D eigenvalue weighted by atomic mass is 16.5. The lowest BCUT2D eigenvalue weighted by Crippen LogP contribution is -2.46. The summed E-state index contributed by atoms with van der Waals surface area (Å²) < 4.78 is 10.8. The van der Waals surface area contributed by atoms with Crippen molar-refractivity contribution in [3.05, 3.63) is 11.7 Å². The van der Waals surface area contributed by atoms with Crippen LogP contribution in [0, 0.1) is 0 Å². The second kappa shape index (κ2) is 5.80. The summed E-state index contributed by atoms with van der Waals surface area (Å²) in [7, 11) is 0. The zero-order valence-corrected chi connectivity index (χ0v) is 11.3. The van der Waals surface area contributed by atoms with Crippen molar-refractivity contribution in [1.29, 1.82) is 0 Å².